The van der Waals surface area contributed by atoms with Crippen molar-refractivity contribution in [2.45, 2.75) is 57.5 Å². The molecular formula is C26H28N2O3. The molecule has 5 nitrogen and oxygen atoms in total. The Hall–Kier alpha value is -3.21. The van der Waals surface area contributed by atoms with Crippen molar-refractivity contribution in [3.8, 4) is 11.1 Å². The summed E-state index contributed by atoms with van der Waals surface area (Å²) in [5.74, 6) is -0.0685. The zero-order chi connectivity index (χ0) is 21.8. The third kappa shape index (κ3) is 4.18. The number of carboxylic acids is 1. The zero-order valence-corrected chi connectivity index (χ0v) is 17.9. The second-order valence-electron chi connectivity index (χ2n) is 8.31. The van der Waals surface area contributed by atoms with Crippen LogP contribution >= 0.6 is 0 Å². The molecule has 1 spiro atoms. The molecule has 0 radical (unpaired) electrons. The summed E-state index contributed by atoms with van der Waals surface area (Å²) in [6, 6.07) is 14.8. The lowest BCUT2D eigenvalue weighted by molar-refractivity contribution is -0.132. The van der Waals surface area contributed by atoms with Crippen LogP contribution in [0.4, 0.5) is 0 Å². The van der Waals surface area contributed by atoms with Crippen molar-refractivity contribution in [1.82, 2.24) is 4.90 Å². The number of hydrogen-bond acceptors (Lipinski definition) is 3. The van der Waals surface area contributed by atoms with E-state index < -0.39 is 11.5 Å². The quantitative estimate of drug-likeness (QED) is 0.680. The number of aromatic carboxylic acids is 1. The van der Waals surface area contributed by atoms with Gasteiger partial charge in [0.25, 0.3) is 5.91 Å². The van der Waals surface area contributed by atoms with E-state index in [0.717, 1.165) is 49.1 Å². The Labute approximate surface area is 183 Å². The molecule has 2 aliphatic rings. The lowest BCUT2D eigenvalue weighted by Gasteiger charge is -2.29. The molecule has 1 aliphatic heterocycles. The second-order valence-corrected chi connectivity index (χ2v) is 8.31. The highest BCUT2D eigenvalue weighted by Crippen LogP contribution is 2.38. The van der Waals surface area contributed by atoms with E-state index in [9.17, 15) is 14.7 Å². The SMILES string of the molecule is CC/C=C/C1=NC2(CCCCC2)C(=O)N1Cc1ccc(-c2ccccc2C(=O)O)cc1. The number of carbonyl (C=O) groups excluding carboxylic acids is 1. The van der Waals surface area contributed by atoms with Gasteiger partial charge in [-0.3, -0.25) is 14.7 Å². The van der Waals surface area contributed by atoms with Crippen LogP contribution in [0.1, 0.15) is 61.4 Å². The summed E-state index contributed by atoms with van der Waals surface area (Å²) in [5, 5.41) is 9.46. The molecule has 0 bridgehead atoms. The minimum Gasteiger partial charge on any atom is -0.478 e. The van der Waals surface area contributed by atoms with E-state index in [1.807, 2.05) is 53.5 Å². The number of allylic oxidation sites excluding steroid dienone is 1. The lowest BCUT2D eigenvalue weighted by atomic mass is 9.82. The Morgan fingerprint density at radius 3 is 2.48 bits per heavy atom. The van der Waals surface area contributed by atoms with Gasteiger partial charge in [-0.2, -0.15) is 0 Å². The van der Waals surface area contributed by atoms with Gasteiger partial charge in [0, 0.05) is 0 Å². The topological polar surface area (TPSA) is 70.0 Å². The first-order valence-electron chi connectivity index (χ1n) is 11.0. The third-order valence-electron chi connectivity index (χ3n) is 6.19. The van der Waals surface area contributed by atoms with Gasteiger partial charge in [-0.15, -0.1) is 0 Å². The number of amidine groups is 1. The second kappa shape index (κ2) is 8.88. The Morgan fingerprint density at radius 2 is 1.81 bits per heavy atom. The third-order valence-corrected chi connectivity index (χ3v) is 6.19. The average Bonchev–Trinajstić information content (AvgIpc) is 3.04. The van der Waals surface area contributed by atoms with E-state index in [2.05, 4.69) is 6.92 Å². The summed E-state index contributed by atoms with van der Waals surface area (Å²) in [6.45, 7) is 2.54. The van der Waals surface area contributed by atoms with Crippen molar-refractivity contribution in [3.63, 3.8) is 0 Å². The Bertz CT molecular complexity index is 1030. The normalized spacial score (nSPS) is 18.0. The van der Waals surface area contributed by atoms with Crippen molar-refractivity contribution in [2.75, 3.05) is 0 Å². The van der Waals surface area contributed by atoms with Crippen LogP contribution in [0.15, 0.2) is 65.7 Å². The van der Waals surface area contributed by atoms with Crippen LogP contribution in [0, 0.1) is 0 Å². The van der Waals surface area contributed by atoms with E-state index in [1.165, 1.54) is 6.42 Å². The molecule has 5 heteroatoms. The summed E-state index contributed by atoms with van der Waals surface area (Å²) in [4.78, 5) is 31.6. The van der Waals surface area contributed by atoms with Crippen molar-refractivity contribution in [1.29, 1.82) is 0 Å². The van der Waals surface area contributed by atoms with Crippen LogP contribution in [-0.4, -0.2) is 33.3 Å². The molecule has 1 N–H and O–H groups in total. The molecular weight excluding hydrogens is 388 g/mol. The van der Waals surface area contributed by atoms with Gasteiger partial charge in [0.15, 0.2) is 0 Å². The van der Waals surface area contributed by atoms with Crippen LogP contribution in [0.25, 0.3) is 11.1 Å². The number of aliphatic imine (C=N–C) groups is 1. The van der Waals surface area contributed by atoms with Crippen molar-refractivity contribution < 1.29 is 14.7 Å². The van der Waals surface area contributed by atoms with Crippen molar-refractivity contribution in [3.05, 3.63) is 71.8 Å². The van der Waals surface area contributed by atoms with E-state index in [-0.39, 0.29) is 11.5 Å². The summed E-state index contributed by atoms with van der Waals surface area (Å²) >= 11 is 0. The fourth-order valence-electron chi connectivity index (χ4n) is 4.54. The fourth-order valence-corrected chi connectivity index (χ4v) is 4.54. The standard InChI is InChI=1S/C26H28N2O3/c1-2-3-11-23-27-26(16-7-4-8-17-26)25(31)28(23)18-19-12-14-20(15-13-19)21-9-5-6-10-22(21)24(29)30/h3,5-6,9-15H,2,4,7-8,16-18H2,1H3,(H,29,30)/b11-3+. The molecule has 0 unspecified atom stereocenters. The molecule has 1 fully saturated rings. The number of amides is 1. The molecule has 4 rings (SSSR count). The number of carboxylic acid groups (broad SMARTS) is 1. The molecule has 1 amide bonds. The molecule has 2 aromatic rings. The van der Waals surface area contributed by atoms with Gasteiger partial charge in [0.1, 0.15) is 11.4 Å². The Balaban J connectivity index is 1.58. The van der Waals surface area contributed by atoms with E-state index >= 15 is 0 Å². The van der Waals surface area contributed by atoms with Crippen LogP contribution in [0.2, 0.25) is 0 Å². The minimum absolute atomic E-state index is 0.114. The lowest BCUT2D eigenvalue weighted by Crippen LogP contribution is -2.43. The molecule has 1 aliphatic carbocycles. The largest absolute Gasteiger partial charge is 0.478 e. The smallest absolute Gasteiger partial charge is 0.336 e. The molecule has 0 atom stereocenters. The van der Waals surface area contributed by atoms with E-state index in [4.69, 9.17) is 4.99 Å². The first-order chi connectivity index (χ1) is 15.0. The van der Waals surface area contributed by atoms with Crippen molar-refractivity contribution in [2.24, 2.45) is 4.99 Å². The molecule has 1 heterocycles. The number of hydrogen-bond donors (Lipinski definition) is 1. The molecule has 31 heavy (non-hydrogen) atoms. The molecule has 2 aromatic carbocycles. The Morgan fingerprint density at radius 1 is 1.10 bits per heavy atom. The molecule has 160 valence electrons. The monoisotopic (exact) mass is 416 g/mol. The van der Waals surface area contributed by atoms with E-state index in [1.54, 1.807) is 12.1 Å². The highest BCUT2D eigenvalue weighted by atomic mass is 16.4. The van der Waals surface area contributed by atoms with Gasteiger partial charge in [0.05, 0.1) is 12.1 Å². The van der Waals surface area contributed by atoms with Gasteiger partial charge < -0.3 is 5.11 Å². The number of carbonyl (C=O) groups is 2. The van der Waals surface area contributed by atoms with Crippen molar-refractivity contribution >= 4 is 17.7 Å². The maximum Gasteiger partial charge on any atom is 0.336 e. The maximum absolute atomic E-state index is 13.4. The summed E-state index contributed by atoms with van der Waals surface area (Å²) < 4.78 is 0. The summed E-state index contributed by atoms with van der Waals surface area (Å²) in [5.41, 5.74) is 2.23. The zero-order valence-electron chi connectivity index (χ0n) is 17.9. The minimum atomic E-state index is -0.941. The predicted molar refractivity (Wildman–Crippen MR) is 122 cm³/mol. The number of rotatable bonds is 6. The first kappa shape index (κ1) is 21.0. The predicted octanol–water partition coefficient (Wildman–Crippen LogP) is 5.46. The van der Waals surface area contributed by atoms with Crippen LogP contribution in [0.3, 0.4) is 0 Å². The number of nitrogens with zero attached hydrogens (tertiary/aromatic N) is 2. The van der Waals surface area contributed by atoms with Crippen LogP contribution < -0.4 is 0 Å². The van der Waals surface area contributed by atoms with Gasteiger partial charge in [-0.25, -0.2) is 4.79 Å². The van der Waals surface area contributed by atoms with Gasteiger partial charge >= 0.3 is 5.97 Å². The number of benzene rings is 2. The Kier molecular flexibility index (Phi) is 6.03. The maximum atomic E-state index is 13.4. The van der Waals surface area contributed by atoms with E-state index in [0.29, 0.717) is 12.1 Å². The highest BCUT2D eigenvalue weighted by molar-refractivity contribution is 6.12. The van der Waals surface area contributed by atoms with Gasteiger partial charge in [-0.05, 0) is 48.1 Å². The summed E-state index contributed by atoms with van der Waals surface area (Å²) in [7, 11) is 0. The summed E-state index contributed by atoms with van der Waals surface area (Å²) in [6.07, 6.45) is 9.84. The first-order valence-corrected chi connectivity index (χ1v) is 11.0. The average molecular weight is 417 g/mol. The van der Waals surface area contributed by atoms with Gasteiger partial charge in [0.2, 0.25) is 0 Å². The highest BCUT2D eigenvalue weighted by Gasteiger charge is 2.47. The van der Waals surface area contributed by atoms with Crippen LogP contribution in [0.5, 0.6) is 0 Å². The van der Waals surface area contributed by atoms with Gasteiger partial charge in [-0.1, -0.05) is 74.7 Å². The molecule has 1 saturated carbocycles. The molecule has 0 saturated heterocycles. The molecule has 0 aromatic heterocycles. The fraction of sp³-hybridized carbons (Fsp3) is 0.346. The van der Waals surface area contributed by atoms with Crippen LogP contribution in [-0.2, 0) is 11.3 Å².